The zero-order valence-electron chi connectivity index (χ0n) is 15.1. The summed E-state index contributed by atoms with van der Waals surface area (Å²) < 4.78 is 32.5. The fraction of sp³-hybridized carbons (Fsp3) is 0.294. The quantitative estimate of drug-likeness (QED) is 0.441. The summed E-state index contributed by atoms with van der Waals surface area (Å²) in [6.45, 7) is 2.67. The van der Waals surface area contributed by atoms with E-state index < -0.39 is 14.9 Å². The third-order valence-electron chi connectivity index (χ3n) is 4.21. The first-order valence-electron chi connectivity index (χ1n) is 8.46. The Morgan fingerprint density at radius 3 is 2.57 bits per heavy atom. The maximum atomic E-state index is 13.0. The topological polar surface area (TPSA) is 127 Å². The number of nitro benzene ring substituents is 1. The number of hydrogen-bond donors (Lipinski definition) is 1. The number of morpholine rings is 1. The summed E-state index contributed by atoms with van der Waals surface area (Å²) in [5.74, 6) is 0. The van der Waals surface area contributed by atoms with Crippen LogP contribution in [0.1, 0.15) is 12.5 Å². The minimum Gasteiger partial charge on any atom is -0.379 e. The van der Waals surface area contributed by atoms with Gasteiger partial charge in [0, 0.05) is 43.2 Å². The molecular weight excluding hydrogens is 386 g/mol. The number of anilines is 1. The normalized spacial score (nSPS) is 16.0. The van der Waals surface area contributed by atoms with Crippen molar-refractivity contribution in [2.24, 2.45) is 5.10 Å². The van der Waals surface area contributed by atoms with Crippen molar-refractivity contribution in [2.75, 3.05) is 31.7 Å². The average molecular weight is 405 g/mol. The van der Waals surface area contributed by atoms with Gasteiger partial charge in [0.2, 0.25) is 10.0 Å². The fourth-order valence-electron chi connectivity index (χ4n) is 2.66. The molecule has 148 valence electrons. The number of ether oxygens (including phenoxy) is 1. The Labute approximate surface area is 162 Å². The molecule has 2 heterocycles. The summed E-state index contributed by atoms with van der Waals surface area (Å²) >= 11 is 0. The van der Waals surface area contributed by atoms with Crippen molar-refractivity contribution in [3.63, 3.8) is 0 Å². The number of nitrogens with zero attached hydrogens (tertiary/aromatic N) is 4. The molecule has 11 heteroatoms. The molecule has 10 nitrogen and oxygen atoms in total. The average Bonchev–Trinajstić information content (AvgIpc) is 2.73. The molecule has 1 aromatic heterocycles. The molecule has 1 saturated heterocycles. The number of benzene rings is 1. The van der Waals surface area contributed by atoms with Crippen molar-refractivity contribution < 1.29 is 18.1 Å². The van der Waals surface area contributed by atoms with Crippen molar-refractivity contribution in [3.8, 4) is 0 Å². The number of nitro groups is 1. The van der Waals surface area contributed by atoms with Crippen LogP contribution < -0.4 is 5.43 Å². The van der Waals surface area contributed by atoms with Crippen LogP contribution in [0, 0.1) is 10.1 Å². The summed E-state index contributed by atoms with van der Waals surface area (Å²) in [5.41, 5.74) is 3.99. The monoisotopic (exact) mass is 405 g/mol. The van der Waals surface area contributed by atoms with Crippen LogP contribution in [0.15, 0.2) is 52.7 Å². The Kier molecular flexibility index (Phi) is 5.97. The zero-order chi connectivity index (χ0) is 20.1. The minimum absolute atomic E-state index is 0.158. The predicted octanol–water partition coefficient (Wildman–Crippen LogP) is 1.85. The molecule has 1 N–H and O–H groups in total. The lowest BCUT2D eigenvalue weighted by Gasteiger charge is -2.26. The van der Waals surface area contributed by atoms with Gasteiger partial charge in [-0.1, -0.05) is 0 Å². The van der Waals surface area contributed by atoms with Gasteiger partial charge in [-0.25, -0.2) is 8.42 Å². The number of hydrazone groups is 1. The van der Waals surface area contributed by atoms with E-state index >= 15 is 0 Å². The van der Waals surface area contributed by atoms with E-state index in [1.165, 1.54) is 16.4 Å². The van der Waals surface area contributed by atoms with Gasteiger partial charge >= 0.3 is 0 Å². The van der Waals surface area contributed by atoms with Gasteiger partial charge in [0.05, 0.1) is 29.5 Å². The minimum atomic E-state index is -3.95. The molecule has 0 amide bonds. The third-order valence-corrected chi connectivity index (χ3v) is 6.14. The highest BCUT2D eigenvalue weighted by Crippen LogP contribution is 2.29. The van der Waals surface area contributed by atoms with Gasteiger partial charge in [-0.3, -0.25) is 20.5 Å². The molecule has 3 rings (SSSR count). The summed E-state index contributed by atoms with van der Waals surface area (Å²) in [4.78, 5) is 14.2. The van der Waals surface area contributed by atoms with Gasteiger partial charge in [0.1, 0.15) is 4.90 Å². The van der Waals surface area contributed by atoms with E-state index in [1.54, 1.807) is 31.5 Å². The lowest BCUT2D eigenvalue weighted by atomic mass is 10.2. The molecule has 0 aliphatic carbocycles. The molecule has 1 aliphatic heterocycles. The van der Waals surface area contributed by atoms with Gasteiger partial charge < -0.3 is 4.74 Å². The SMILES string of the molecule is C/C(=N\Nc1ccc([N+](=O)[O-])cc1S(=O)(=O)N1CCOCC1)c1ccncc1. The molecule has 0 radical (unpaired) electrons. The van der Waals surface area contributed by atoms with Crippen LogP contribution in [-0.4, -0.2) is 54.6 Å². The molecule has 2 aromatic rings. The number of pyridine rings is 1. The van der Waals surface area contributed by atoms with Crippen molar-refractivity contribution in [1.29, 1.82) is 0 Å². The Hall–Kier alpha value is -2.89. The molecule has 1 fully saturated rings. The van der Waals surface area contributed by atoms with Gasteiger partial charge in [-0.05, 0) is 25.1 Å². The molecular formula is C17H19N5O5S. The highest BCUT2D eigenvalue weighted by atomic mass is 32.2. The van der Waals surface area contributed by atoms with Crippen LogP contribution in [-0.2, 0) is 14.8 Å². The highest BCUT2D eigenvalue weighted by molar-refractivity contribution is 7.89. The van der Waals surface area contributed by atoms with Gasteiger partial charge in [-0.2, -0.15) is 9.41 Å². The summed E-state index contributed by atoms with van der Waals surface area (Å²) in [7, 11) is -3.95. The number of non-ortho nitro benzene ring substituents is 1. The molecule has 0 saturated carbocycles. The molecule has 1 aromatic carbocycles. The van der Waals surface area contributed by atoms with E-state index in [1.807, 2.05) is 0 Å². The summed E-state index contributed by atoms with van der Waals surface area (Å²) in [6, 6.07) is 7.15. The molecule has 28 heavy (non-hydrogen) atoms. The Morgan fingerprint density at radius 1 is 1.25 bits per heavy atom. The second-order valence-corrected chi connectivity index (χ2v) is 7.91. The Morgan fingerprint density at radius 2 is 1.93 bits per heavy atom. The number of nitrogens with one attached hydrogen (secondary N) is 1. The van der Waals surface area contributed by atoms with E-state index in [2.05, 4.69) is 15.5 Å². The van der Waals surface area contributed by atoms with E-state index in [4.69, 9.17) is 4.74 Å². The first kappa shape index (κ1) is 19.9. The van der Waals surface area contributed by atoms with E-state index in [-0.39, 0.29) is 42.6 Å². The van der Waals surface area contributed by atoms with Crippen molar-refractivity contribution in [3.05, 3.63) is 58.4 Å². The van der Waals surface area contributed by atoms with E-state index in [0.29, 0.717) is 5.71 Å². The Bertz CT molecular complexity index is 988. The first-order chi connectivity index (χ1) is 13.4. The van der Waals surface area contributed by atoms with Crippen LogP contribution in [0.2, 0.25) is 0 Å². The van der Waals surface area contributed by atoms with Gasteiger partial charge in [0.25, 0.3) is 5.69 Å². The van der Waals surface area contributed by atoms with Crippen molar-refractivity contribution >= 4 is 27.1 Å². The summed E-state index contributed by atoms with van der Waals surface area (Å²) in [6.07, 6.45) is 3.24. The standard InChI is InChI=1S/C17H19N5O5S/c1-13(14-4-6-18-7-5-14)19-20-16-3-2-15(22(23)24)12-17(16)28(25,26)21-8-10-27-11-9-21/h2-7,12,20H,8-11H2,1H3/b19-13+. The van der Waals surface area contributed by atoms with Crippen molar-refractivity contribution in [2.45, 2.75) is 11.8 Å². The maximum absolute atomic E-state index is 13.0. The van der Waals surface area contributed by atoms with Crippen LogP contribution in [0.3, 0.4) is 0 Å². The number of sulfonamides is 1. The Balaban J connectivity index is 1.98. The van der Waals surface area contributed by atoms with E-state index in [0.717, 1.165) is 11.6 Å². The molecule has 1 aliphatic rings. The molecule has 0 unspecified atom stereocenters. The lowest BCUT2D eigenvalue weighted by molar-refractivity contribution is -0.385. The second kappa shape index (κ2) is 8.42. The molecule has 0 atom stereocenters. The highest BCUT2D eigenvalue weighted by Gasteiger charge is 2.30. The zero-order valence-corrected chi connectivity index (χ0v) is 15.9. The second-order valence-electron chi connectivity index (χ2n) is 6.00. The largest absolute Gasteiger partial charge is 0.379 e. The van der Waals surface area contributed by atoms with Gasteiger partial charge in [0.15, 0.2) is 0 Å². The predicted molar refractivity (Wildman–Crippen MR) is 103 cm³/mol. The van der Waals surface area contributed by atoms with Gasteiger partial charge in [-0.15, -0.1) is 0 Å². The number of rotatable bonds is 6. The lowest BCUT2D eigenvalue weighted by Crippen LogP contribution is -2.40. The number of hydrogen-bond acceptors (Lipinski definition) is 8. The third kappa shape index (κ3) is 4.32. The van der Waals surface area contributed by atoms with Crippen molar-refractivity contribution in [1.82, 2.24) is 9.29 Å². The van der Waals surface area contributed by atoms with Crippen LogP contribution in [0.5, 0.6) is 0 Å². The first-order valence-corrected chi connectivity index (χ1v) is 9.90. The van der Waals surface area contributed by atoms with Crippen LogP contribution in [0.4, 0.5) is 11.4 Å². The maximum Gasteiger partial charge on any atom is 0.270 e. The summed E-state index contributed by atoms with van der Waals surface area (Å²) in [5, 5.41) is 15.4. The van der Waals surface area contributed by atoms with Crippen LogP contribution >= 0.6 is 0 Å². The smallest absolute Gasteiger partial charge is 0.270 e. The fourth-order valence-corrected chi connectivity index (χ4v) is 4.23. The van der Waals surface area contributed by atoms with E-state index in [9.17, 15) is 18.5 Å². The van der Waals surface area contributed by atoms with Crippen LogP contribution in [0.25, 0.3) is 0 Å². The molecule has 0 spiro atoms. The molecule has 0 bridgehead atoms. The number of aromatic nitrogens is 1.